The van der Waals surface area contributed by atoms with Crippen LogP contribution in [0.1, 0.15) is 22.3 Å². The molecule has 5 rings (SSSR count). The average molecular weight is 612 g/mol. The third-order valence-corrected chi connectivity index (χ3v) is 10.5. The minimum atomic E-state index is -0.533. The first-order valence-corrected chi connectivity index (χ1v) is 12.9. The number of amides is 3. The summed E-state index contributed by atoms with van der Waals surface area (Å²) in [5, 5.41) is 13.6. The average Bonchev–Trinajstić information content (AvgIpc) is 3.43. The number of imide groups is 1. The second-order valence-electron chi connectivity index (χ2n) is 8.79. The monoisotopic (exact) mass is 609 g/mol. The molecule has 0 unspecified atom stereocenters. The maximum atomic E-state index is 13.6. The van der Waals surface area contributed by atoms with Crippen LogP contribution in [0, 0.1) is 33.8 Å². The molecule has 2 aromatic carbocycles. The Labute approximate surface area is 216 Å². The van der Waals surface area contributed by atoms with Crippen LogP contribution in [0.5, 0.6) is 0 Å². The lowest BCUT2D eigenvalue weighted by molar-refractivity contribution is -0.384. The lowest BCUT2D eigenvalue weighted by Gasteiger charge is -2.31. The summed E-state index contributed by atoms with van der Waals surface area (Å²) < 4.78 is 0. The minimum Gasteiger partial charge on any atom is -0.272 e. The number of benzene rings is 2. The zero-order chi connectivity index (χ0) is 24.3. The third-order valence-electron chi connectivity index (χ3n) is 7.01. The number of rotatable bonds is 5. The summed E-state index contributed by atoms with van der Waals surface area (Å²) in [6, 6.07) is 11.9. The van der Waals surface area contributed by atoms with E-state index < -0.39 is 22.7 Å². The molecule has 6 atom stereocenters. The zero-order valence-electron chi connectivity index (χ0n) is 17.5. The van der Waals surface area contributed by atoms with E-state index in [0.717, 1.165) is 16.4 Å². The van der Waals surface area contributed by atoms with Crippen molar-refractivity contribution in [3.63, 3.8) is 0 Å². The van der Waals surface area contributed by atoms with Gasteiger partial charge >= 0.3 is 0 Å². The molecule has 11 heteroatoms. The Morgan fingerprint density at radius 3 is 2.03 bits per heavy atom. The SMILES string of the molecule is O=C(c1ccc(Cl)cc1)N(Cc1ccc([N+](=O)[O-])cc1)N1C(=O)[C@@H]2[C@H]3C[C@@H]([C@H](Br)[C@H]3Br)[C@H]2C1=O. The molecule has 3 aliphatic rings. The first-order chi connectivity index (χ1) is 16.2. The van der Waals surface area contributed by atoms with E-state index in [4.69, 9.17) is 11.6 Å². The van der Waals surface area contributed by atoms with E-state index in [1.807, 2.05) is 0 Å². The number of fused-ring (bicyclic) bond motifs is 5. The number of carbonyl (C=O) groups excluding carboxylic acids is 3. The molecule has 1 aliphatic heterocycles. The molecule has 0 spiro atoms. The summed E-state index contributed by atoms with van der Waals surface area (Å²) in [6.07, 6.45) is 0.778. The summed E-state index contributed by atoms with van der Waals surface area (Å²) in [5.41, 5.74) is 0.722. The van der Waals surface area contributed by atoms with Crippen LogP contribution in [-0.2, 0) is 16.1 Å². The number of nitrogens with zero attached hydrogens (tertiary/aromatic N) is 3. The van der Waals surface area contributed by atoms with Gasteiger partial charge < -0.3 is 0 Å². The van der Waals surface area contributed by atoms with E-state index in [1.165, 1.54) is 36.4 Å². The zero-order valence-corrected chi connectivity index (χ0v) is 21.4. The molecule has 3 amide bonds. The summed E-state index contributed by atoms with van der Waals surface area (Å²) in [7, 11) is 0. The van der Waals surface area contributed by atoms with Crippen LogP contribution >= 0.6 is 43.5 Å². The number of nitro groups is 1. The van der Waals surface area contributed by atoms with Crippen molar-refractivity contribution in [2.75, 3.05) is 0 Å². The largest absolute Gasteiger partial charge is 0.273 e. The van der Waals surface area contributed by atoms with E-state index in [2.05, 4.69) is 31.9 Å². The second-order valence-corrected chi connectivity index (χ2v) is 11.3. The van der Waals surface area contributed by atoms with Gasteiger partial charge in [-0.2, -0.15) is 5.01 Å². The molecule has 176 valence electrons. The van der Waals surface area contributed by atoms with Crippen molar-refractivity contribution >= 4 is 66.9 Å². The molecule has 0 aromatic heterocycles. The highest BCUT2D eigenvalue weighted by Crippen LogP contribution is 2.60. The number of hydrogen-bond acceptors (Lipinski definition) is 5. The quantitative estimate of drug-likeness (QED) is 0.213. The van der Waals surface area contributed by atoms with Gasteiger partial charge in [-0.3, -0.25) is 24.5 Å². The molecule has 2 aliphatic carbocycles. The van der Waals surface area contributed by atoms with Crippen molar-refractivity contribution in [3.8, 4) is 0 Å². The molecule has 2 bridgehead atoms. The topological polar surface area (TPSA) is 101 Å². The molecule has 1 heterocycles. The van der Waals surface area contributed by atoms with Crippen LogP contribution in [0.2, 0.25) is 5.02 Å². The van der Waals surface area contributed by atoms with Crippen molar-refractivity contribution in [1.82, 2.24) is 10.0 Å². The maximum Gasteiger partial charge on any atom is 0.273 e. The summed E-state index contributed by atoms with van der Waals surface area (Å²) in [6.45, 7) is -0.0960. The lowest BCUT2D eigenvalue weighted by atomic mass is 9.81. The smallest absolute Gasteiger partial charge is 0.272 e. The molecule has 2 aromatic rings. The Hall–Kier alpha value is -2.30. The van der Waals surface area contributed by atoms with Crippen molar-refractivity contribution in [3.05, 3.63) is 74.8 Å². The van der Waals surface area contributed by atoms with Crippen molar-refractivity contribution < 1.29 is 19.3 Å². The van der Waals surface area contributed by atoms with Gasteiger partial charge in [0.1, 0.15) is 0 Å². The molecule has 0 radical (unpaired) electrons. The third kappa shape index (κ3) is 3.67. The summed E-state index contributed by atoms with van der Waals surface area (Å²) in [5.74, 6) is -2.23. The highest BCUT2D eigenvalue weighted by molar-refractivity contribution is 9.12. The summed E-state index contributed by atoms with van der Waals surface area (Å²) >= 11 is 13.3. The van der Waals surface area contributed by atoms with Crippen molar-refractivity contribution in [2.24, 2.45) is 23.7 Å². The van der Waals surface area contributed by atoms with Crippen LogP contribution in [0.3, 0.4) is 0 Å². The van der Waals surface area contributed by atoms with E-state index in [0.29, 0.717) is 10.6 Å². The fourth-order valence-electron chi connectivity index (χ4n) is 5.44. The maximum absolute atomic E-state index is 13.6. The first-order valence-electron chi connectivity index (χ1n) is 10.7. The Morgan fingerprint density at radius 1 is 1.00 bits per heavy atom. The Kier molecular flexibility index (Phi) is 6.02. The van der Waals surface area contributed by atoms with Crippen LogP contribution in [-0.4, -0.2) is 42.3 Å². The van der Waals surface area contributed by atoms with Gasteiger partial charge in [0.15, 0.2) is 0 Å². The van der Waals surface area contributed by atoms with Crippen molar-refractivity contribution in [1.29, 1.82) is 0 Å². The Balaban J connectivity index is 1.51. The number of non-ortho nitro benzene ring substituents is 1. The predicted molar refractivity (Wildman–Crippen MR) is 130 cm³/mol. The van der Waals surface area contributed by atoms with E-state index in [9.17, 15) is 24.5 Å². The second kappa shape index (κ2) is 8.73. The highest BCUT2D eigenvalue weighted by atomic mass is 79.9. The molecule has 1 saturated heterocycles. The summed E-state index contributed by atoms with van der Waals surface area (Å²) in [4.78, 5) is 51.3. The van der Waals surface area contributed by atoms with Gasteiger partial charge in [0, 0.05) is 32.4 Å². The number of halogens is 3. The fraction of sp³-hybridized carbons (Fsp3) is 0.348. The Morgan fingerprint density at radius 2 is 1.53 bits per heavy atom. The van der Waals surface area contributed by atoms with E-state index in [1.54, 1.807) is 12.1 Å². The lowest BCUT2D eigenvalue weighted by Crippen LogP contribution is -2.50. The molecular formula is C23H18Br2ClN3O5. The molecule has 3 fully saturated rings. The standard InChI is InChI=1S/C23H18Br2ClN3O5/c24-19-15-9-16(20(19)25)18-17(15)22(31)28(23(18)32)27(21(30)12-3-5-13(26)6-4-12)10-11-1-7-14(8-2-11)29(33)34/h1-8,15-20H,9-10H2/t15-,16-,17-,18-,19+,20+/m1/s1. The number of hydrogen-bond donors (Lipinski definition) is 0. The van der Waals surface area contributed by atoms with Crippen LogP contribution in [0.15, 0.2) is 48.5 Å². The molecule has 8 nitrogen and oxygen atoms in total. The Bertz CT molecular complexity index is 1160. The minimum absolute atomic E-state index is 0.00711. The van der Waals surface area contributed by atoms with Gasteiger partial charge in [-0.25, -0.2) is 5.01 Å². The van der Waals surface area contributed by atoms with Gasteiger partial charge in [0.2, 0.25) is 0 Å². The fourth-order valence-corrected chi connectivity index (χ4v) is 7.44. The van der Waals surface area contributed by atoms with E-state index in [-0.39, 0.29) is 51.1 Å². The predicted octanol–water partition coefficient (Wildman–Crippen LogP) is 4.58. The molecule has 0 N–H and O–H groups in total. The number of hydrazine groups is 1. The normalized spacial score (nSPS) is 29.4. The van der Waals surface area contributed by atoms with Gasteiger partial charge in [0.05, 0.1) is 23.3 Å². The molecular weight excluding hydrogens is 594 g/mol. The van der Waals surface area contributed by atoms with Gasteiger partial charge in [-0.15, -0.1) is 0 Å². The highest BCUT2D eigenvalue weighted by Gasteiger charge is 2.67. The number of nitro benzene ring substituents is 1. The number of carbonyl (C=O) groups is 3. The van der Waals surface area contributed by atoms with Gasteiger partial charge in [-0.05, 0) is 48.1 Å². The number of alkyl halides is 2. The van der Waals surface area contributed by atoms with Crippen LogP contribution in [0.25, 0.3) is 0 Å². The molecule has 2 saturated carbocycles. The first kappa shape index (κ1) is 23.4. The molecule has 34 heavy (non-hydrogen) atoms. The van der Waals surface area contributed by atoms with E-state index >= 15 is 0 Å². The van der Waals surface area contributed by atoms with Crippen LogP contribution in [0.4, 0.5) is 5.69 Å². The van der Waals surface area contributed by atoms with Crippen molar-refractivity contribution in [2.45, 2.75) is 22.6 Å². The van der Waals surface area contributed by atoms with Crippen LogP contribution < -0.4 is 0 Å². The van der Waals surface area contributed by atoms with Gasteiger partial charge in [-0.1, -0.05) is 55.6 Å². The van der Waals surface area contributed by atoms with Gasteiger partial charge in [0.25, 0.3) is 23.4 Å².